The van der Waals surface area contributed by atoms with E-state index in [1.54, 1.807) is 4.90 Å². The van der Waals surface area contributed by atoms with Crippen LogP contribution in [-0.2, 0) is 9.59 Å². The zero-order valence-electron chi connectivity index (χ0n) is 8.48. The maximum absolute atomic E-state index is 11.1. The number of hydrogen-bond acceptors (Lipinski definition) is 3. The first-order valence-electron chi connectivity index (χ1n) is 4.83. The molecule has 1 fully saturated rings. The van der Waals surface area contributed by atoms with E-state index in [4.69, 9.17) is 11.5 Å². The Morgan fingerprint density at radius 1 is 1.27 bits per heavy atom. The van der Waals surface area contributed by atoms with Crippen molar-refractivity contribution in [3.8, 4) is 12.3 Å². The van der Waals surface area contributed by atoms with E-state index in [2.05, 4.69) is 5.92 Å². The first kappa shape index (κ1) is 11.5. The first-order chi connectivity index (χ1) is 7.13. The molecule has 0 bridgehead atoms. The number of piperazine rings is 1. The van der Waals surface area contributed by atoms with Gasteiger partial charge in [0.05, 0.1) is 6.42 Å². The van der Waals surface area contributed by atoms with Crippen LogP contribution in [0, 0.1) is 12.3 Å². The standard InChI is InChI=1S/C10H14N2O3/c1-2-9(13)12-7-5-11(6-8-12)4-3-10(14)15/h1H,3-8H2,(H,14,15). The van der Waals surface area contributed by atoms with Gasteiger partial charge >= 0.3 is 5.97 Å². The normalized spacial score (nSPS) is 17.1. The number of carbonyl (C=O) groups is 2. The van der Waals surface area contributed by atoms with Crippen molar-refractivity contribution in [1.29, 1.82) is 0 Å². The number of carbonyl (C=O) groups excluding carboxylic acids is 1. The lowest BCUT2D eigenvalue weighted by atomic mass is 10.3. The van der Waals surface area contributed by atoms with Crippen molar-refractivity contribution >= 4 is 11.9 Å². The second-order valence-electron chi connectivity index (χ2n) is 3.42. The fraction of sp³-hybridized carbons (Fsp3) is 0.600. The Morgan fingerprint density at radius 3 is 2.33 bits per heavy atom. The minimum absolute atomic E-state index is 0.142. The summed E-state index contributed by atoms with van der Waals surface area (Å²) < 4.78 is 0. The monoisotopic (exact) mass is 210 g/mol. The summed E-state index contributed by atoms with van der Waals surface area (Å²) in [5.41, 5.74) is 0. The van der Waals surface area contributed by atoms with Gasteiger partial charge in [-0.25, -0.2) is 0 Å². The third kappa shape index (κ3) is 3.60. The summed E-state index contributed by atoms with van der Waals surface area (Å²) in [7, 11) is 0. The van der Waals surface area contributed by atoms with Gasteiger partial charge in [-0.2, -0.15) is 0 Å². The third-order valence-corrected chi connectivity index (χ3v) is 2.42. The largest absolute Gasteiger partial charge is 0.481 e. The van der Waals surface area contributed by atoms with Gasteiger partial charge in [-0.3, -0.25) is 14.5 Å². The highest BCUT2D eigenvalue weighted by Gasteiger charge is 2.19. The number of aliphatic carboxylic acids is 1. The Kier molecular flexibility index (Phi) is 4.13. The van der Waals surface area contributed by atoms with Gasteiger partial charge in [-0.1, -0.05) is 0 Å². The molecule has 1 aliphatic heterocycles. The van der Waals surface area contributed by atoms with E-state index in [0.29, 0.717) is 32.7 Å². The summed E-state index contributed by atoms with van der Waals surface area (Å²) in [5.74, 6) is 0.995. The third-order valence-electron chi connectivity index (χ3n) is 2.42. The molecule has 1 N–H and O–H groups in total. The average molecular weight is 210 g/mol. The maximum atomic E-state index is 11.1. The van der Waals surface area contributed by atoms with Crippen LogP contribution >= 0.6 is 0 Å². The highest BCUT2D eigenvalue weighted by molar-refractivity contribution is 5.92. The fourth-order valence-corrected chi connectivity index (χ4v) is 1.52. The van der Waals surface area contributed by atoms with Crippen molar-refractivity contribution in [2.75, 3.05) is 32.7 Å². The van der Waals surface area contributed by atoms with Gasteiger partial charge in [0.25, 0.3) is 5.91 Å². The highest BCUT2D eigenvalue weighted by Crippen LogP contribution is 2.02. The van der Waals surface area contributed by atoms with Crippen molar-refractivity contribution < 1.29 is 14.7 Å². The lowest BCUT2D eigenvalue weighted by Gasteiger charge is -2.33. The van der Waals surface area contributed by atoms with Gasteiger partial charge in [0.2, 0.25) is 0 Å². The number of terminal acetylenes is 1. The van der Waals surface area contributed by atoms with Gasteiger partial charge in [0.15, 0.2) is 0 Å². The van der Waals surface area contributed by atoms with E-state index in [0.717, 1.165) is 0 Å². The molecule has 5 heteroatoms. The van der Waals surface area contributed by atoms with Crippen LogP contribution in [0.15, 0.2) is 0 Å². The second-order valence-corrected chi connectivity index (χ2v) is 3.42. The molecule has 1 aliphatic rings. The van der Waals surface area contributed by atoms with Crippen LogP contribution in [0.3, 0.4) is 0 Å². The summed E-state index contributed by atoms with van der Waals surface area (Å²) in [6, 6.07) is 0. The lowest BCUT2D eigenvalue weighted by Crippen LogP contribution is -2.48. The molecule has 0 unspecified atom stereocenters. The van der Waals surface area contributed by atoms with Gasteiger partial charge in [0, 0.05) is 32.7 Å². The summed E-state index contributed by atoms with van der Waals surface area (Å²) in [5, 5.41) is 8.50. The molecular formula is C10H14N2O3. The molecule has 0 aromatic heterocycles. The van der Waals surface area contributed by atoms with Crippen molar-refractivity contribution in [3.05, 3.63) is 0 Å². The molecule has 5 nitrogen and oxygen atoms in total. The molecule has 1 saturated heterocycles. The van der Waals surface area contributed by atoms with E-state index < -0.39 is 5.97 Å². The molecule has 0 radical (unpaired) electrons. The van der Waals surface area contributed by atoms with Gasteiger partial charge < -0.3 is 10.0 Å². The van der Waals surface area contributed by atoms with Crippen molar-refractivity contribution in [2.24, 2.45) is 0 Å². The molecule has 0 aliphatic carbocycles. The van der Waals surface area contributed by atoms with Gasteiger partial charge in [-0.15, -0.1) is 6.42 Å². The van der Waals surface area contributed by atoms with Crippen LogP contribution in [0.5, 0.6) is 0 Å². The van der Waals surface area contributed by atoms with Crippen molar-refractivity contribution in [2.45, 2.75) is 6.42 Å². The van der Waals surface area contributed by atoms with Crippen molar-refractivity contribution in [3.63, 3.8) is 0 Å². The second kappa shape index (κ2) is 5.37. The molecule has 0 atom stereocenters. The van der Waals surface area contributed by atoms with Gasteiger partial charge in [-0.05, 0) is 5.92 Å². The summed E-state index contributed by atoms with van der Waals surface area (Å²) in [6.45, 7) is 3.10. The summed E-state index contributed by atoms with van der Waals surface area (Å²) in [6.07, 6.45) is 5.15. The molecule has 1 amide bonds. The zero-order chi connectivity index (χ0) is 11.3. The summed E-state index contributed by atoms with van der Waals surface area (Å²) in [4.78, 5) is 25.1. The van der Waals surface area contributed by atoms with E-state index in [9.17, 15) is 9.59 Å². The SMILES string of the molecule is C#CC(=O)N1CCN(CCC(=O)O)CC1. The first-order valence-corrected chi connectivity index (χ1v) is 4.83. The molecule has 0 saturated carbocycles. The number of carboxylic acid groups (broad SMARTS) is 1. The number of carboxylic acids is 1. The maximum Gasteiger partial charge on any atom is 0.304 e. The van der Waals surface area contributed by atoms with E-state index in [1.165, 1.54) is 0 Å². The van der Waals surface area contributed by atoms with Crippen LogP contribution in [0.1, 0.15) is 6.42 Å². The Morgan fingerprint density at radius 2 is 1.87 bits per heavy atom. The minimum atomic E-state index is -0.794. The van der Waals surface area contributed by atoms with Crippen LogP contribution in [0.4, 0.5) is 0 Å². The minimum Gasteiger partial charge on any atom is -0.481 e. The quantitative estimate of drug-likeness (QED) is 0.622. The van der Waals surface area contributed by atoms with Crippen LogP contribution in [-0.4, -0.2) is 59.5 Å². The predicted octanol–water partition coefficient (Wildman–Crippen LogP) is -0.761. The fourth-order valence-electron chi connectivity index (χ4n) is 1.52. The molecule has 1 heterocycles. The number of rotatable bonds is 3. The Labute approximate surface area is 88.7 Å². The average Bonchev–Trinajstić information content (AvgIpc) is 2.26. The molecule has 82 valence electrons. The van der Waals surface area contributed by atoms with E-state index in [1.807, 2.05) is 4.90 Å². The van der Waals surface area contributed by atoms with E-state index in [-0.39, 0.29) is 12.3 Å². The van der Waals surface area contributed by atoms with Crippen LogP contribution in [0.2, 0.25) is 0 Å². The number of hydrogen-bond donors (Lipinski definition) is 1. The number of nitrogens with zero attached hydrogens (tertiary/aromatic N) is 2. The Bertz CT molecular complexity index is 288. The smallest absolute Gasteiger partial charge is 0.304 e. The van der Waals surface area contributed by atoms with Crippen LogP contribution < -0.4 is 0 Å². The topological polar surface area (TPSA) is 60.9 Å². The molecular weight excluding hydrogens is 196 g/mol. The van der Waals surface area contributed by atoms with Crippen molar-refractivity contribution in [1.82, 2.24) is 9.80 Å². The molecule has 0 aromatic carbocycles. The molecule has 15 heavy (non-hydrogen) atoms. The Balaban J connectivity index is 2.27. The molecule has 0 aromatic rings. The lowest BCUT2D eigenvalue weighted by molar-refractivity contribution is -0.137. The highest BCUT2D eigenvalue weighted by atomic mass is 16.4. The molecule has 0 spiro atoms. The molecule has 1 rings (SSSR count). The Hall–Kier alpha value is -1.54. The summed E-state index contributed by atoms with van der Waals surface area (Å²) >= 11 is 0. The van der Waals surface area contributed by atoms with E-state index >= 15 is 0 Å². The number of amides is 1. The van der Waals surface area contributed by atoms with Crippen LogP contribution in [0.25, 0.3) is 0 Å². The zero-order valence-corrected chi connectivity index (χ0v) is 8.48. The van der Waals surface area contributed by atoms with Gasteiger partial charge in [0.1, 0.15) is 0 Å². The predicted molar refractivity (Wildman–Crippen MR) is 54.1 cm³/mol.